The minimum atomic E-state index is -4.07. The van der Waals surface area contributed by atoms with Crippen molar-refractivity contribution in [1.29, 1.82) is 0 Å². The number of sulfonamides is 1. The Hall–Kier alpha value is -2.19. The number of aromatic nitrogens is 2. The molecule has 0 aliphatic carbocycles. The maximum absolute atomic E-state index is 11.9. The molecular weight excluding hydrogens is 438 g/mol. The molecule has 158 valence electrons. The van der Waals surface area contributed by atoms with Gasteiger partial charge in [0.2, 0.25) is 11.6 Å². The minimum Gasteiger partial charge on any atom is -0.546 e. The van der Waals surface area contributed by atoms with Gasteiger partial charge < -0.3 is 24.7 Å². The molecule has 0 aromatic carbocycles. The first-order chi connectivity index (χ1) is 13.5. The van der Waals surface area contributed by atoms with E-state index in [1.165, 1.54) is 5.38 Å². The van der Waals surface area contributed by atoms with Gasteiger partial charge in [0.15, 0.2) is 21.1 Å². The summed E-state index contributed by atoms with van der Waals surface area (Å²) < 4.78 is 48.2. The molecule has 0 aliphatic heterocycles. The highest BCUT2D eigenvalue weighted by Gasteiger charge is 2.27. The number of aromatic hydroxyl groups is 1. The molecule has 0 amide bonds. The fraction of sp³-hybridized carbons (Fsp3) is 0.375. The summed E-state index contributed by atoms with van der Waals surface area (Å²) in [7, 11) is -4.07. The first-order valence-electron chi connectivity index (χ1n) is 8.51. The molecule has 0 spiro atoms. The van der Waals surface area contributed by atoms with Crippen molar-refractivity contribution in [2.24, 2.45) is 11.1 Å². The van der Waals surface area contributed by atoms with E-state index in [1.54, 1.807) is 0 Å². The van der Waals surface area contributed by atoms with Crippen LogP contribution in [0.2, 0.25) is 0 Å². The summed E-state index contributed by atoms with van der Waals surface area (Å²) in [5.41, 5.74) is 1.08. The monoisotopic (exact) mass is 459 g/mol. The molecule has 5 N–H and O–H groups in total. The zero-order valence-corrected chi connectivity index (χ0v) is 18.5. The molecule has 3 aromatic heterocycles. The van der Waals surface area contributed by atoms with Gasteiger partial charge in [0.05, 0.1) is 11.7 Å². The number of anilines is 3. The summed E-state index contributed by atoms with van der Waals surface area (Å²) >= 11 is -1.10. The highest BCUT2D eigenvalue weighted by atomic mass is 32.2. The molecule has 10 nitrogen and oxygen atoms in total. The van der Waals surface area contributed by atoms with Crippen molar-refractivity contribution in [3.05, 3.63) is 28.5 Å². The molecule has 13 heteroatoms. The number of nitrogens with one attached hydrogen (secondary N) is 2. The van der Waals surface area contributed by atoms with Crippen molar-refractivity contribution < 1.29 is 22.5 Å². The van der Waals surface area contributed by atoms with E-state index in [1.807, 2.05) is 33.8 Å². The maximum Gasteiger partial charge on any atom is 0.251 e. The second-order valence-electron chi connectivity index (χ2n) is 6.82. The van der Waals surface area contributed by atoms with E-state index in [0.29, 0.717) is 5.76 Å². The lowest BCUT2D eigenvalue weighted by molar-refractivity contribution is 0.407. The maximum atomic E-state index is 11.9. The molecule has 0 bridgehead atoms. The Morgan fingerprint density at radius 2 is 1.97 bits per heavy atom. The summed E-state index contributed by atoms with van der Waals surface area (Å²) in [6, 6.07) is 1.64. The van der Waals surface area contributed by atoms with E-state index in [-0.39, 0.29) is 33.5 Å². The van der Waals surface area contributed by atoms with Gasteiger partial charge in [-0.2, -0.15) is 0 Å². The number of hydrogen-bond acceptors (Lipinski definition) is 10. The predicted molar refractivity (Wildman–Crippen MR) is 111 cm³/mol. The average Bonchev–Trinajstić information content (AvgIpc) is 3.24. The molecule has 0 saturated heterocycles. The zero-order valence-electron chi connectivity index (χ0n) is 16.1. The van der Waals surface area contributed by atoms with Crippen LogP contribution in [0.5, 0.6) is 5.75 Å². The van der Waals surface area contributed by atoms with Gasteiger partial charge in [-0.3, -0.25) is 0 Å². The van der Waals surface area contributed by atoms with E-state index < -0.39 is 26.9 Å². The third-order valence-corrected chi connectivity index (χ3v) is 7.39. The van der Waals surface area contributed by atoms with Crippen LogP contribution >= 0.6 is 22.5 Å². The molecule has 29 heavy (non-hydrogen) atoms. The van der Waals surface area contributed by atoms with Gasteiger partial charge in [0.1, 0.15) is 11.5 Å². The van der Waals surface area contributed by atoms with Crippen LogP contribution in [0.4, 0.5) is 17.3 Å². The summed E-state index contributed by atoms with van der Waals surface area (Å²) in [6.45, 7) is 7.79. The number of thiophene rings is 1. The van der Waals surface area contributed by atoms with Crippen molar-refractivity contribution in [1.82, 2.24) is 8.75 Å². The fourth-order valence-corrected chi connectivity index (χ4v) is 4.96. The number of aryl methyl sites for hydroxylation is 2. The smallest absolute Gasteiger partial charge is 0.251 e. The summed E-state index contributed by atoms with van der Waals surface area (Å²) in [5.74, 6) is 1.37. The van der Waals surface area contributed by atoms with Crippen LogP contribution in [0, 0.1) is 19.8 Å². The third-order valence-electron chi connectivity index (χ3n) is 4.26. The van der Waals surface area contributed by atoms with Crippen molar-refractivity contribution in [3.63, 3.8) is 0 Å². The molecule has 3 aromatic rings. The minimum absolute atomic E-state index is 0.0666. The molecule has 0 radical (unpaired) electrons. The quantitative estimate of drug-likeness (QED) is 0.387. The van der Waals surface area contributed by atoms with Gasteiger partial charge in [0, 0.05) is 14.1 Å². The lowest BCUT2D eigenvalue weighted by Crippen LogP contribution is -2.17. The Kier molecular flexibility index (Phi) is 5.87. The van der Waals surface area contributed by atoms with Gasteiger partial charge in [0.25, 0.3) is 10.0 Å². The molecule has 1 unspecified atom stereocenters. The Labute approximate surface area is 174 Å². The SMILES string of the molecule is Cc1cc([C@H](Nc2n[s+]([O-])nc2Nc2csc(S(N)(=O)=O)c2O)C(C)C)oc1C. The number of hydrogen-bond donors (Lipinski definition) is 4. The second-order valence-corrected chi connectivity index (χ2v) is 10.3. The number of rotatable bonds is 7. The zero-order chi connectivity index (χ0) is 21.5. The highest BCUT2D eigenvalue weighted by molar-refractivity contribution is 7.91. The lowest BCUT2D eigenvalue weighted by Gasteiger charge is -2.19. The Morgan fingerprint density at radius 3 is 2.48 bits per heavy atom. The van der Waals surface area contributed by atoms with Crippen molar-refractivity contribution >= 4 is 49.8 Å². The summed E-state index contributed by atoms with van der Waals surface area (Å²) in [4.78, 5) is 0. The highest BCUT2D eigenvalue weighted by Crippen LogP contribution is 2.40. The van der Waals surface area contributed by atoms with Crippen LogP contribution in [0.3, 0.4) is 0 Å². The van der Waals surface area contributed by atoms with E-state index in [0.717, 1.165) is 22.7 Å². The second kappa shape index (κ2) is 7.91. The Morgan fingerprint density at radius 1 is 1.31 bits per heavy atom. The van der Waals surface area contributed by atoms with Crippen molar-refractivity contribution in [3.8, 4) is 5.75 Å². The predicted octanol–water partition coefficient (Wildman–Crippen LogP) is 3.38. The molecule has 3 rings (SSSR count). The van der Waals surface area contributed by atoms with Gasteiger partial charge in [-0.1, -0.05) is 13.8 Å². The Bertz CT molecular complexity index is 1110. The van der Waals surface area contributed by atoms with Crippen LogP contribution in [-0.2, 0) is 10.0 Å². The van der Waals surface area contributed by atoms with Gasteiger partial charge >= 0.3 is 0 Å². The first-order valence-corrected chi connectivity index (χ1v) is 12.0. The average molecular weight is 460 g/mol. The van der Waals surface area contributed by atoms with Crippen LogP contribution in [0.25, 0.3) is 0 Å². The summed E-state index contributed by atoms with van der Waals surface area (Å²) in [5, 5.41) is 22.5. The molecule has 3 heterocycles. The van der Waals surface area contributed by atoms with Crippen LogP contribution in [-0.4, -0.2) is 26.8 Å². The number of furan rings is 1. The standard InChI is InChI=1S/C16H21N5O5S3/c1-7(2)12(11-5-8(3)9(4)26-11)19-15-14(20-28(23)21-15)18-10-6-27-16(13(10)22)29(17,24)25/h5-7,12,22H,1-4H3,(H,18,20)(H,19,21)(H2,17,24,25)/t12-,28?/m1/s1. The van der Waals surface area contributed by atoms with Gasteiger partial charge in [-0.25, -0.2) is 13.6 Å². The summed E-state index contributed by atoms with van der Waals surface area (Å²) in [6.07, 6.45) is 0. The molecule has 0 fully saturated rings. The van der Waals surface area contributed by atoms with Gasteiger partial charge in [-0.05, 0) is 31.4 Å². The Balaban J connectivity index is 1.92. The number of primary sulfonamides is 1. The fourth-order valence-electron chi connectivity index (χ4n) is 2.66. The third kappa shape index (κ3) is 4.53. The topological polar surface area (TPSA) is 166 Å². The van der Waals surface area contributed by atoms with Crippen molar-refractivity contribution in [2.75, 3.05) is 10.6 Å². The molecule has 0 aliphatic rings. The van der Waals surface area contributed by atoms with Gasteiger partial charge in [-0.15, -0.1) is 11.3 Å². The first kappa shape index (κ1) is 21.5. The van der Waals surface area contributed by atoms with E-state index in [2.05, 4.69) is 19.4 Å². The number of nitrogens with zero attached hydrogens (tertiary/aromatic N) is 2. The molecular formula is C16H21N5O5S3. The van der Waals surface area contributed by atoms with E-state index >= 15 is 0 Å². The van der Waals surface area contributed by atoms with Crippen LogP contribution in [0.15, 0.2) is 20.1 Å². The van der Waals surface area contributed by atoms with Crippen molar-refractivity contribution in [2.45, 2.75) is 37.9 Å². The van der Waals surface area contributed by atoms with E-state index in [9.17, 15) is 18.1 Å². The van der Waals surface area contributed by atoms with E-state index in [4.69, 9.17) is 9.56 Å². The normalized spacial score (nSPS) is 13.7. The molecule has 2 atom stereocenters. The lowest BCUT2D eigenvalue weighted by atomic mass is 10.0. The number of nitrogens with two attached hydrogens (primary N) is 1. The molecule has 0 saturated carbocycles. The largest absolute Gasteiger partial charge is 0.546 e. The van der Waals surface area contributed by atoms with Crippen LogP contribution < -0.4 is 15.8 Å². The van der Waals surface area contributed by atoms with Crippen LogP contribution in [0.1, 0.15) is 37.0 Å².